The number of hydrogen-bond donors (Lipinski definition) is 1. The molecular weight excluding hydrogens is 261 g/mol. The molecule has 0 radical (unpaired) electrons. The zero-order valence-corrected chi connectivity index (χ0v) is 9.78. The number of halogens is 3. The number of carbonyl (C=O) groups excluding carboxylic acids is 1. The van der Waals surface area contributed by atoms with Crippen molar-refractivity contribution in [1.82, 2.24) is 5.16 Å². The third-order valence-electron chi connectivity index (χ3n) is 2.47. The summed E-state index contributed by atoms with van der Waals surface area (Å²) in [5.74, 6) is -0.111. The standard InChI is InChI=1S/C12H9F3N2O2/c1-7-10(6-16-19-7)17-11(18)8-2-4-9(5-3-8)12(13,14)15/h2-6H,1H3,(H,17,18). The molecule has 100 valence electrons. The average Bonchev–Trinajstić information content (AvgIpc) is 2.74. The molecule has 0 aliphatic heterocycles. The van der Waals surface area contributed by atoms with Gasteiger partial charge >= 0.3 is 6.18 Å². The quantitative estimate of drug-likeness (QED) is 0.911. The first-order valence-corrected chi connectivity index (χ1v) is 5.28. The minimum atomic E-state index is -4.42. The largest absolute Gasteiger partial charge is 0.416 e. The van der Waals surface area contributed by atoms with Gasteiger partial charge in [-0.15, -0.1) is 0 Å². The molecule has 2 aromatic rings. The van der Waals surface area contributed by atoms with Gasteiger partial charge in [0.05, 0.1) is 11.8 Å². The van der Waals surface area contributed by atoms with Crippen LogP contribution in [0.2, 0.25) is 0 Å². The van der Waals surface area contributed by atoms with Gasteiger partial charge in [0.1, 0.15) is 5.69 Å². The number of hydrogen-bond acceptors (Lipinski definition) is 3. The number of alkyl halides is 3. The lowest BCUT2D eigenvalue weighted by molar-refractivity contribution is -0.137. The molecule has 0 fully saturated rings. The summed E-state index contributed by atoms with van der Waals surface area (Å²) in [6.45, 7) is 1.61. The Balaban J connectivity index is 2.14. The molecule has 0 spiro atoms. The molecule has 19 heavy (non-hydrogen) atoms. The van der Waals surface area contributed by atoms with Crippen LogP contribution in [0.15, 0.2) is 35.0 Å². The number of nitrogens with zero attached hydrogens (tertiary/aromatic N) is 1. The Hall–Kier alpha value is -2.31. The second kappa shape index (κ2) is 4.75. The van der Waals surface area contributed by atoms with Crippen molar-refractivity contribution in [2.24, 2.45) is 0 Å². The fourth-order valence-electron chi connectivity index (χ4n) is 1.42. The van der Waals surface area contributed by atoms with E-state index in [-0.39, 0.29) is 5.56 Å². The first-order valence-electron chi connectivity index (χ1n) is 5.28. The van der Waals surface area contributed by atoms with E-state index in [0.717, 1.165) is 24.3 Å². The van der Waals surface area contributed by atoms with Gasteiger partial charge in [0.2, 0.25) is 0 Å². The number of benzene rings is 1. The van der Waals surface area contributed by atoms with Crippen molar-refractivity contribution in [2.45, 2.75) is 13.1 Å². The zero-order valence-electron chi connectivity index (χ0n) is 9.78. The fourth-order valence-corrected chi connectivity index (χ4v) is 1.42. The van der Waals surface area contributed by atoms with Gasteiger partial charge in [-0.1, -0.05) is 5.16 Å². The highest BCUT2D eigenvalue weighted by Crippen LogP contribution is 2.29. The molecule has 0 bridgehead atoms. The van der Waals surface area contributed by atoms with Crippen LogP contribution in [0.3, 0.4) is 0 Å². The fraction of sp³-hybridized carbons (Fsp3) is 0.167. The smallest absolute Gasteiger partial charge is 0.359 e. The molecule has 1 aromatic heterocycles. The Bertz CT molecular complexity index is 588. The first kappa shape index (κ1) is 13.1. The molecule has 0 saturated carbocycles. The van der Waals surface area contributed by atoms with E-state index in [1.54, 1.807) is 6.92 Å². The van der Waals surface area contributed by atoms with Crippen molar-refractivity contribution < 1.29 is 22.5 Å². The summed E-state index contributed by atoms with van der Waals surface area (Å²) in [5, 5.41) is 5.96. The van der Waals surface area contributed by atoms with E-state index in [9.17, 15) is 18.0 Å². The highest BCUT2D eigenvalue weighted by atomic mass is 19.4. The molecule has 1 aromatic carbocycles. The Morgan fingerprint density at radius 1 is 1.26 bits per heavy atom. The van der Waals surface area contributed by atoms with Crippen molar-refractivity contribution in [1.29, 1.82) is 0 Å². The van der Waals surface area contributed by atoms with Crippen molar-refractivity contribution in [3.63, 3.8) is 0 Å². The topological polar surface area (TPSA) is 55.1 Å². The number of nitrogens with one attached hydrogen (secondary N) is 1. The lowest BCUT2D eigenvalue weighted by Gasteiger charge is -2.07. The Labute approximate surface area is 106 Å². The molecule has 0 aliphatic carbocycles. The molecule has 4 nitrogen and oxygen atoms in total. The molecule has 1 amide bonds. The highest BCUT2D eigenvalue weighted by Gasteiger charge is 2.30. The second-order valence-corrected chi connectivity index (χ2v) is 3.82. The average molecular weight is 270 g/mol. The lowest BCUT2D eigenvalue weighted by atomic mass is 10.1. The monoisotopic (exact) mass is 270 g/mol. The summed E-state index contributed by atoms with van der Waals surface area (Å²) in [6.07, 6.45) is -3.10. The van der Waals surface area contributed by atoms with Crippen LogP contribution in [0.5, 0.6) is 0 Å². The maximum Gasteiger partial charge on any atom is 0.416 e. The van der Waals surface area contributed by atoms with Gasteiger partial charge in [-0.3, -0.25) is 4.79 Å². The minimum absolute atomic E-state index is 0.119. The molecule has 0 saturated heterocycles. The summed E-state index contributed by atoms with van der Waals surface area (Å²) >= 11 is 0. The maximum atomic E-state index is 12.4. The van der Waals surface area contributed by atoms with Crippen LogP contribution in [0, 0.1) is 6.92 Å². The summed E-state index contributed by atoms with van der Waals surface area (Å²) < 4.78 is 41.8. The normalized spacial score (nSPS) is 11.4. The molecular formula is C12H9F3N2O2. The molecule has 0 aliphatic rings. The van der Waals surface area contributed by atoms with Crippen LogP contribution in [-0.4, -0.2) is 11.1 Å². The van der Waals surface area contributed by atoms with Gasteiger partial charge in [0, 0.05) is 5.56 Å². The highest BCUT2D eigenvalue weighted by molar-refractivity contribution is 6.04. The first-order chi connectivity index (χ1) is 8.88. The third-order valence-corrected chi connectivity index (χ3v) is 2.47. The molecule has 1 heterocycles. The van der Waals surface area contributed by atoms with Crippen molar-refractivity contribution in [2.75, 3.05) is 5.32 Å². The van der Waals surface area contributed by atoms with Gasteiger partial charge in [0.25, 0.3) is 5.91 Å². The predicted octanol–water partition coefficient (Wildman–Crippen LogP) is 3.25. The predicted molar refractivity (Wildman–Crippen MR) is 60.6 cm³/mol. The third kappa shape index (κ3) is 2.93. The van der Waals surface area contributed by atoms with Crippen LogP contribution in [0.25, 0.3) is 0 Å². The minimum Gasteiger partial charge on any atom is -0.359 e. The molecule has 0 unspecified atom stereocenters. The van der Waals surface area contributed by atoms with Gasteiger partial charge in [-0.05, 0) is 31.2 Å². The van der Waals surface area contributed by atoms with E-state index in [4.69, 9.17) is 4.52 Å². The van der Waals surface area contributed by atoms with Crippen LogP contribution in [0.4, 0.5) is 18.9 Å². The lowest BCUT2D eigenvalue weighted by Crippen LogP contribution is -2.13. The number of carbonyl (C=O) groups is 1. The summed E-state index contributed by atoms with van der Waals surface area (Å²) in [4.78, 5) is 11.8. The SMILES string of the molecule is Cc1oncc1NC(=O)c1ccc(C(F)(F)F)cc1. The Morgan fingerprint density at radius 3 is 2.37 bits per heavy atom. The Kier molecular flexibility index (Phi) is 3.28. The summed E-state index contributed by atoms with van der Waals surface area (Å²) in [6, 6.07) is 3.94. The van der Waals surface area contributed by atoms with Gasteiger partial charge in [-0.25, -0.2) is 0 Å². The van der Waals surface area contributed by atoms with Gasteiger partial charge < -0.3 is 9.84 Å². The van der Waals surface area contributed by atoms with E-state index in [2.05, 4.69) is 10.5 Å². The number of rotatable bonds is 2. The molecule has 7 heteroatoms. The van der Waals surface area contributed by atoms with Crippen LogP contribution in [0.1, 0.15) is 21.7 Å². The zero-order chi connectivity index (χ0) is 14.0. The number of anilines is 1. The second-order valence-electron chi connectivity index (χ2n) is 3.82. The van der Waals surface area contributed by atoms with E-state index >= 15 is 0 Å². The van der Waals surface area contributed by atoms with E-state index in [0.29, 0.717) is 11.4 Å². The van der Waals surface area contributed by atoms with Crippen LogP contribution < -0.4 is 5.32 Å². The van der Waals surface area contributed by atoms with Crippen LogP contribution >= 0.6 is 0 Å². The van der Waals surface area contributed by atoms with Gasteiger partial charge in [0.15, 0.2) is 5.76 Å². The van der Waals surface area contributed by atoms with Crippen molar-refractivity contribution in [3.05, 3.63) is 47.3 Å². The van der Waals surface area contributed by atoms with Crippen LogP contribution in [-0.2, 0) is 6.18 Å². The van der Waals surface area contributed by atoms with E-state index < -0.39 is 17.6 Å². The van der Waals surface area contributed by atoms with Crippen molar-refractivity contribution in [3.8, 4) is 0 Å². The van der Waals surface area contributed by atoms with Gasteiger partial charge in [-0.2, -0.15) is 13.2 Å². The van der Waals surface area contributed by atoms with E-state index in [1.165, 1.54) is 6.20 Å². The summed E-state index contributed by atoms with van der Waals surface area (Å²) in [7, 11) is 0. The summed E-state index contributed by atoms with van der Waals surface area (Å²) in [5.41, 5.74) is -0.302. The van der Waals surface area contributed by atoms with Crippen molar-refractivity contribution >= 4 is 11.6 Å². The Morgan fingerprint density at radius 2 is 1.89 bits per heavy atom. The molecule has 0 atom stereocenters. The number of amides is 1. The maximum absolute atomic E-state index is 12.4. The number of aromatic nitrogens is 1. The van der Waals surface area contributed by atoms with E-state index in [1.807, 2.05) is 0 Å². The molecule has 1 N–H and O–H groups in total. The number of aryl methyl sites for hydroxylation is 1. The molecule has 2 rings (SSSR count).